The van der Waals surface area contributed by atoms with Gasteiger partial charge in [-0.1, -0.05) is 35.0 Å². The van der Waals surface area contributed by atoms with Crippen LogP contribution in [0.4, 0.5) is 14.5 Å². The fourth-order valence-corrected chi connectivity index (χ4v) is 3.79. The third-order valence-electron chi connectivity index (χ3n) is 5.04. The van der Waals surface area contributed by atoms with Gasteiger partial charge in [0.1, 0.15) is 28.7 Å². The quantitative estimate of drug-likeness (QED) is 0.627. The Morgan fingerprint density at radius 2 is 1.72 bits per heavy atom. The number of anilines is 1. The van der Waals surface area contributed by atoms with Crippen molar-refractivity contribution in [1.29, 1.82) is 0 Å². The molecule has 4 rings (SSSR count). The highest BCUT2D eigenvalue weighted by Gasteiger charge is 2.30. The number of carbonyl (C=O) groups is 1. The third kappa shape index (κ3) is 3.58. The number of piperazine rings is 1. The Bertz CT molecular complexity index is 1040. The number of hydrogen-bond acceptors (Lipinski definition) is 4. The first-order valence-electron chi connectivity index (χ1n) is 9.16. The second-order valence-electron chi connectivity index (χ2n) is 6.79. The van der Waals surface area contributed by atoms with Gasteiger partial charge >= 0.3 is 0 Å². The number of para-hydroxylation sites is 1. The van der Waals surface area contributed by atoms with E-state index in [2.05, 4.69) is 5.16 Å². The average molecular weight is 418 g/mol. The van der Waals surface area contributed by atoms with Crippen molar-refractivity contribution >= 4 is 23.2 Å². The number of nitrogens with zero attached hydrogens (tertiary/aromatic N) is 3. The predicted molar refractivity (Wildman–Crippen MR) is 106 cm³/mol. The summed E-state index contributed by atoms with van der Waals surface area (Å²) in [6.45, 7) is 3.35. The zero-order chi connectivity index (χ0) is 20.5. The maximum atomic E-state index is 14.4. The van der Waals surface area contributed by atoms with Crippen molar-refractivity contribution in [2.75, 3.05) is 31.1 Å². The third-order valence-corrected chi connectivity index (χ3v) is 5.35. The van der Waals surface area contributed by atoms with Gasteiger partial charge in [0, 0.05) is 26.2 Å². The fraction of sp³-hybridized carbons (Fsp3) is 0.238. The molecule has 1 aliphatic rings. The minimum Gasteiger partial charge on any atom is -0.366 e. The van der Waals surface area contributed by atoms with Crippen LogP contribution in [0.1, 0.15) is 16.1 Å². The number of aromatic nitrogens is 1. The van der Waals surface area contributed by atoms with E-state index < -0.39 is 5.82 Å². The Kier molecular flexibility index (Phi) is 5.24. The molecule has 29 heavy (non-hydrogen) atoms. The van der Waals surface area contributed by atoms with Crippen LogP contribution in [0.3, 0.4) is 0 Å². The van der Waals surface area contributed by atoms with Crippen molar-refractivity contribution in [3.05, 3.63) is 70.4 Å². The molecule has 1 amide bonds. The summed E-state index contributed by atoms with van der Waals surface area (Å²) < 4.78 is 33.6. The summed E-state index contributed by atoms with van der Waals surface area (Å²) in [5.41, 5.74) is 0.836. The van der Waals surface area contributed by atoms with E-state index in [1.165, 1.54) is 24.3 Å². The summed E-state index contributed by atoms with van der Waals surface area (Å²) in [5, 5.41) is 4.04. The van der Waals surface area contributed by atoms with E-state index in [0.29, 0.717) is 37.6 Å². The van der Waals surface area contributed by atoms with Gasteiger partial charge in [0.15, 0.2) is 0 Å². The van der Waals surface area contributed by atoms with Crippen LogP contribution in [0.25, 0.3) is 11.3 Å². The van der Waals surface area contributed by atoms with Gasteiger partial charge in [-0.2, -0.15) is 0 Å². The van der Waals surface area contributed by atoms with Crippen LogP contribution < -0.4 is 4.90 Å². The normalized spacial score (nSPS) is 14.3. The molecular weight excluding hydrogens is 400 g/mol. The molecule has 150 valence electrons. The second-order valence-corrected chi connectivity index (χ2v) is 7.20. The van der Waals surface area contributed by atoms with Gasteiger partial charge in [-0.3, -0.25) is 4.79 Å². The summed E-state index contributed by atoms with van der Waals surface area (Å²) in [6, 6.07) is 10.8. The average Bonchev–Trinajstić information content (AvgIpc) is 3.09. The van der Waals surface area contributed by atoms with Gasteiger partial charge < -0.3 is 14.3 Å². The molecule has 0 unspecified atom stereocenters. The lowest BCUT2D eigenvalue weighted by molar-refractivity contribution is 0.0745. The smallest absolute Gasteiger partial charge is 0.259 e. The number of rotatable bonds is 3. The second kappa shape index (κ2) is 7.83. The zero-order valence-corrected chi connectivity index (χ0v) is 16.4. The Balaban J connectivity index is 1.58. The molecule has 2 heterocycles. The summed E-state index contributed by atoms with van der Waals surface area (Å²) >= 11 is 6.15. The van der Waals surface area contributed by atoms with Crippen LogP contribution in [0.2, 0.25) is 5.02 Å². The standard InChI is InChI=1S/C21H18ClF2N3O2/c1-13-18(20(25-29-13)19-14(22)5-4-7-16(19)24)21(28)27-11-9-26(10-12-27)17-8-3-2-6-15(17)23/h2-8H,9-12H2,1H3. The van der Waals surface area contributed by atoms with E-state index in [1.54, 1.807) is 30.0 Å². The van der Waals surface area contributed by atoms with E-state index in [1.807, 2.05) is 4.90 Å². The Morgan fingerprint density at radius 1 is 1.03 bits per heavy atom. The van der Waals surface area contributed by atoms with Gasteiger partial charge in [0.25, 0.3) is 5.91 Å². The maximum Gasteiger partial charge on any atom is 0.259 e. The van der Waals surface area contributed by atoms with Crippen molar-refractivity contribution in [3.63, 3.8) is 0 Å². The monoisotopic (exact) mass is 417 g/mol. The summed E-state index contributed by atoms with van der Waals surface area (Å²) in [6.07, 6.45) is 0. The minimum atomic E-state index is -0.579. The fourth-order valence-electron chi connectivity index (χ4n) is 3.54. The van der Waals surface area contributed by atoms with Crippen molar-refractivity contribution in [2.45, 2.75) is 6.92 Å². The van der Waals surface area contributed by atoms with Crippen LogP contribution >= 0.6 is 11.6 Å². The molecule has 1 fully saturated rings. The van der Waals surface area contributed by atoms with E-state index in [0.717, 1.165) is 0 Å². The van der Waals surface area contributed by atoms with Crippen LogP contribution in [-0.4, -0.2) is 42.1 Å². The number of aryl methyl sites for hydroxylation is 1. The van der Waals surface area contributed by atoms with Crippen molar-refractivity contribution in [1.82, 2.24) is 10.1 Å². The molecule has 0 saturated carbocycles. The minimum absolute atomic E-state index is 0.0411. The van der Waals surface area contributed by atoms with E-state index in [-0.39, 0.29) is 33.6 Å². The topological polar surface area (TPSA) is 49.6 Å². The molecule has 1 saturated heterocycles. The summed E-state index contributed by atoms with van der Waals surface area (Å²) in [5.74, 6) is -0.894. The van der Waals surface area contributed by atoms with E-state index in [9.17, 15) is 13.6 Å². The summed E-state index contributed by atoms with van der Waals surface area (Å²) in [7, 11) is 0. The first kappa shape index (κ1) is 19.4. The lowest BCUT2D eigenvalue weighted by Gasteiger charge is -2.36. The molecule has 0 bridgehead atoms. The molecule has 1 aliphatic heterocycles. The number of hydrogen-bond donors (Lipinski definition) is 0. The number of halogens is 3. The van der Waals surface area contributed by atoms with Crippen LogP contribution in [0.15, 0.2) is 47.0 Å². The number of carbonyl (C=O) groups excluding carboxylic acids is 1. The molecule has 3 aromatic rings. The van der Waals surface area contributed by atoms with Crippen LogP contribution in [-0.2, 0) is 0 Å². The highest BCUT2D eigenvalue weighted by Crippen LogP contribution is 2.34. The lowest BCUT2D eigenvalue weighted by Crippen LogP contribution is -2.49. The molecular formula is C21H18ClF2N3O2. The summed E-state index contributed by atoms with van der Waals surface area (Å²) in [4.78, 5) is 16.7. The Hall–Kier alpha value is -2.93. The first-order valence-corrected chi connectivity index (χ1v) is 9.54. The van der Waals surface area contributed by atoms with Gasteiger partial charge in [-0.05, 0) is 31.2 Å². The van der Waals surface area contributed by atoms with Crippen LogP contribution in [0.5, 0.6) is 0 Å². The van der Waals surface area contributed by atoms with Gasteiger partial charge in [0.2, 0.25) is 0 Å². The van der Waals surface area contributed by atoms with Crippen molar-refractivity contribution in [2.24, 2.45) is 0 Å². The molecule has 8 heteroatoms. The van der Waals surface area contributed by atoms with Gasteiger partial charge in [0.05, 0.1) is 16.3 Å². The zero-order valence-electron chi connectivity index (χ0n) is 15.7. The van der Waals surface area contributed by atoms with Crippen molar-refractivity contribution < 1.29 is 18.1 Å². The molecule has 0 radical (unpaired) electrons. The number of benzene rings is 2. The molecule has 1 aromatic heterocycles. The highest BCUT2D eigenvalue weighted by atomic mass is 35.5. The molecule has 5 nitrogen and oxygen atoms in total. The molecule has 2 aromatic carbocycles. The van der Waals surface area contributed by atoms with Crippen molar-refractivity contribution in [3.8, 4) is 11.3 Å². The predicted octanol–water partition coefficient (Wildman–Crippen LogP) is 4.54. The Morgan fingerprint density at radius 3 is 2.41 bits per heavy atom. The molecule has 0 aliphatic carbocycles. The van der Waals surface area contributed by atoms with Crippen LogP contribution in [0, 0.1) is 18.6 Å². The SMILES string of the molecule is Cc1onc(-c2c(F)cccc2Cl)c1C(=O)N1CCN(c2ccccc2F)CC1. The molecule has 0 atom stereocenters. The largest absolute Gasteiger partial charge is 0.366 e. The molecule has 0 N–H and O–H groups in total. The Labute approximate surface area is 171 Å². The van der Waals surface area contributed by atoms with Gasteiger partial charge in [-0.25, -0.2) is 8.78 Å². The lowest BCUT2D eigenvalue weighted by atomic mass is 10.0. The van der Waals surface area contributed by atoms with Gasteiger partial charge in [-0.15, -0.1) is 0 Å². The first-order chi connectivity index (χ1) is 14.0. The van der Waals surface area contributed by atoms with E-state index in [4.69, 9.17) is 16.1 Å². The van der Waals surface area contributed by atoms with E-state index >= 15 is 0 Å². The highest BCUT2D eigenvalue weighted by molar-refractivity contribution is 6.33. The maximum absolute atomic E-state index is 14.4. The number of amides is 1. The molecule has 0 spiro atoms.